The molecule has 2 aromatic rings. The summed E-state index contributed by atoms with van der Waals surface area (Å²) in [6, 6.07) is 10.4. The lowest BCUT2D eigenvalue weighted by Gasteiger charge is -1.99. The minimum atomic E-state index is 0.878. The monoisotopic (exact) mass is 211 g/mol. The SMILES string of the molecule is CC=Cc1cncc[n+]1Cc1ccccc1. The Labute approximate surface area is 95.9 Å². The highest BCUT2D eigenvalue weighted by Crippen LogP contribution is 1.99. The van der Waals surface area contributed by atoms with Crippen LogP contribution in [0.1, 0.15) is 18.2 Å². The van der Waals surface area contributed by atoms with Crippen LogP contribution in [0.5, 0.6) is 0 Å². The second kappa shape index (κ2) is 5.21. The van der Waals surface area contributed by atoms with Gasteiger partial charge < -0.3 is 0 Å². The van der Waals surface area contributed by atoms with E-state index in [9.17, 15) is 0 Å². The van der Waals surface area contributed by atoms with Crippen LogP contribution in [-0.2, 0) is 6.54 Å². The Morgan fingerprint density at radius 1 is 1.25 bits per heavy atom. The highest BCUT2D eigenvalue weighted by Gasteiger charge is 2.07. The van der Waals surface area contributed by atoms with Crippen molar-refractivity contribution in [3.63, 3.8) is 0 Å². The summed E-state index contributed by atoms with van der Waals surface area (Å²) in [6.45, 7) is 2.89. The second-order valence-electron chi connectivity index (χ2n) is 3.61. The van der Waals surface area contributed by atoms with Crippen molar-refractivity contribution in [2.75, 3.05) is 0 Å². The van der Waals surface area contributed by atoms with Crippen LogP contribution in [0.25, 0.3) is 6.08 Å². The number of benzene rings is 1. The third-order valence-corrected chi connectivity index (χ3v) is 2.40. The van der Waals surface area contributed by atoms with Gasteiger partial charge in [-0.1, -0.05) is 36.4 Å². The van der Waals surface area contributed by atoms with Gasteiger partial charge in [0.05, 0.1) is 12.4 Å². The normalized spacial score (nSPS) is 10.8. The summed E-state index contributed by atoms with van der Waals surface area (Å²) in [5.74, 6) is 0. The molecule has 0 N–H and O–H groups in total. The van der Waals surface area contributed by atoms with Crippen LogP contribution in [0.2, 0.25) is 0 Å². The van der Waals surface area contributed by atoms with Gasteiger partial charge in [0.25, 0.3) is 0 Å². The van der Waals surface area contributed by atoms with E-state index in [0.29, 0.717) is 0 Å². The second-order valence-corrected chi connectivity index (χ2v) is 3.61. The molecule has 80 valence electrons. The molecule has 0 aliphatic rings. The van der Waals surface area contributed by atoms with Crippen LogP contribution in [0.4, 0.5) is 0 Å². The lowest BCUT2D eigenvalue weighted by atomic mass is 10.2. The van der Waals surface area contributed by atoms with Crippen molar-refractivity contribution in [3.05, 3.63) is 66.3 Å². The summed E-state index contributed by atoms with van der Waals surface area (Å²) in [5.41, 5.74) is 2.42. The Morgan fingerprint density at radius 2 is 2.06 bits per heavy atom. The quantitative estimate of drug-likeness (QED) is 0.713. The molecule has 0 spiro atoms. The molecule has 0 unspecified atom stereocenters. The zero-order valence-electron chi connectivity index (χ0n) is 9.38. The number of aromatic nitrogens is 2. The maximum atomic E-state index is 4.13. The van der Waals surface area contributed by atoms with E-state index in [1.807, 2.05) is 37.7 Å². The van der Waals surface area contributed by atoms with Crippen LogP contribution in [0, 0.1) is 0 Å². The molecule has 0 bridgehead atoms. The lowest BCUT2D eigenvalue weighted by Crippen LogP contribution is -2.37. The first-order valence-corrected chi connectivity index (χ1v) is 5.40. The fourth-order valence-electron chi connectivity index (χ4n) is 1.63. The number of allylic oxidation sites excluding steroid dienone is 1. The maximum absolute atomic E-state index is 4.13. The molecule has 2 rings (SSSR count). The van der Waals surface area contributed by atoms with Crippen molar-refractivity contribution in [3.8, 4) is 0 Å². The predicted molar refractivity (Wildman–Crippen MR) is 64.7 cm³/mol. The van der Waals surface area contributed by atoms with Gasteiger partial charge in [0.1, 0.15) is 0 Å². The lowest BCUT2D eigenvalue weighted by molar-refractivity contribution is -0.690. The van der Waals surface area contributed by atoms with Crippen LogP contribution in [-0.4, -0.2) is 4.98 Å². The average Bonchev–Trinajstić information content (AvgIpc) is 2.33. The summed E-state index contributed by atoms with van der Waals surface area (Å²) in [5, 5.41) is 0. The Hall–Kier alpha value is -1.96. The molecule has 2 heteroatoms. The molecule has 0 amide bonds. The highest BCUT2D eigenvalue weighted by atomic mass is 15.0. The fourth-order valence-corrected chi connectivity index (χ4v) is 1.63. The molecule has 1 heterocycles. The Bertz CT molecular complexity index is 475. The van der Waals surface area contributed by atoms with E-state index in [1.54, 1.807) is 0 Å². The minimum Gasteiger partial charge on any atom is -0.252 e. The van der Waals surface area contributed by atoms with E-state index in [4.69, 9.17) is 0 Å². The summed E-state index contributed by atoms with van der Waals surface area (Å²) in [6.07, 6.45) is 9.79. The van der Waals surface area contributed by atoms with E-state index in [0.717, 1.165) is 12.2 Å². The molecule has 0 radical (unpaired) electrons. The van der Waals surface area contributed by atoms with Crippen molar-refractivity contribution in [1.29, 1.82) is 0 Å². The minimum absolute atomic E-state index is 0.878. The molecule has 0 aliphatic carbocycles. The van der Waals surface area contributed by atoms with Gasteiger partial charge in [0.2, 0.25) is 5.69 Å². The maximum Gasteiger partial charge on any atom is 0.223 e. The topological polar surface area (TPSA) is 16.8 Å². The van der Waals surface area contributed by atoms with Gasteiger partial charge in [-0.2, -0.15) is 4.57 Å². The van der Waals surface area contributed by atoms with Crippen molar-refractivity contribution in [2.45, 2.75) is 13.5 Å². The van der Waals surface area contributed by atoms with Crippen LogP contribution < -0.4 is 4.57 Å². The molecule has 1 aromatic carbocycles. The van der Waals surface area contributed by atoms with Gasteiger partial charge in [-0.25, -0.2) is 0 Å². The van der Waals surface area contributed by atoms with Gasteiger partial charge in [-0.15, -0.1) is 0 Å². The van der Waals surface area contributed by atoms with E-state index in [2.05, 4.69) is 39.9 Å². The molecule has 0 aliphatic heterocycles. The summed E-state index contributed by atoms with van der Waals surface area (Å²) < 4.78 is 2.18. The Balaban J connectivity index is 2.28. The number of hydrogen-bond donors (Lipinski definition) is 0. The zero-order valence-corrected chi connectivity index (χ0v) is 9.38. The highest BCUT2D eigenvalue weighted by molar-refractivity contribution is 5.38. The van der Waals surface area contributed by atoms with Crippen LogP contribution in [0.3, 0.4) is 0 Å². The largest absolute Gasteiger partial charge is 0.252 e. The molecule has 2 nitrogen and oxygen atoms in total. The fraction of sp³-hybridized carbons (Fsp3) is 0.143. The molecule has 16 heavy (non-hydrogen) atoms. The predicted octanol–water partition coefficient (Wildman–Crippen LogP) is 2.45. The van der Waals surface area contributed by atoms with Gasteiger partial charge in [-0.3, -0.25) is 4.98 Å². The summed E-state index contributed by atoms with van der Waals surface area (Å²) in [7, 11) is 0. The number of rotatable bonds is 3. The molecular weight excluding hydrogens is 196 g/mol. The number of hydrogen-bond acceptors (Lipinski definition) is 1. The van der Waals surface area contributed by atoms with Gasteiger partial charge in [0.15, 0.2) is 12.7 Å². The zero-order chi connectivity index (χ0) is 11.2. The van der Waals surface area contributed by atoms with Crippen LogP contribution in [0.15, 0.2) is 55.0 Å². The molecular formula is C14H15N2+. The smallest absolute Gasteiger partial charge is 0.223 e. The first-order valence-electron chi connectivity index (χ1n) is 5.40. The van der Waals surface area contributed by atoms with Crippen molar-refractivity contribution in [2.24, 2.45) is 0 Å². The molecule has 0 saturated carbocycles. The van der Waals surface area contributed by atoms with Gasteiger partial charge in [-0.05, 0) is 6.92 Å². The van der Waals surface area contributed by atoms with Gasteiger partial charge >= 0.3 is 0 Å². The molecule has 0 atom stereocenters. The van der Waals surface area contributed by atoms with E-state index < -0.39 is 0 Å². The standard InChI is InChI=1S/C14H15N2/c1-2-6-14-11-15-9-10-16(14)12-13-7-4-3-5-8-13/h2-11H,12H2,1H3/q+1. The first-order chi connectivity index (χ1) is 7.90. The van der Waals surface area contributed by atoms with Crippen molar-refractivity contribution < 1.29 is 4.57 Å². The van der Waals surface area contributed by atoms with Crippen molar-refractivity contribution in [1.82, 2.24) is 4.98 Å². The molecule has 0 saturated heterocycles. The Morgan fingerprint density at radius 3 is 2.81 bits per heavy atom. The average molecular weight is 211 g/mol. The van der Waals surface area contributed by atoms with Crippen molar-refractivity contribution >= 4 is 6.08 Å². The summed E-state index contributed by atoms with van der Waals surface area (Å²) >= 11 is 0. The van der Waals surface area contributed by atoms with E-state index >= 15 is 0 Å². The third-order valence-electron chi connectivity index (χ3n) is 2.40. The van der Waals surface area contributed by atoms with E-state index in [1.165, 1.54) is 5.56 Å². The Kier molecular flexibility index (Phi) is 3.44. The van der Waals surface area contributed by atoms with Crippen LogP contribution >= 0.6 is 0 Å². The molecule has 0 fully saturated rings. The molecule has 1 aromatic heterocycles. The van der Waals surface area contributed by atoms with E-state index in [-0.39, 0.29) is 0 Å². The number of nitrogens with zero attached hydrogens (tertiary/aromatic N) is 2. The third kappa shape index (κ3) is 2.54. The summed E-state index contributed by atoms with van der Waals surface area (Å²) in [4.78, 5) is 4.13. The first kappa shape index (κ1) is 10.6. The van der Waals surface area contributed by atoms with Gasteiger partial charge in [0, 0.05) is 11.6 Å².